The van der Waals surface area contributed by atoms with E-state index in [4.69, 9.17) is 0 Å². The number of likely N-dealkylation sites (N-methyl/N-ethyl adjacent to an activating group) is 2. The summed E-state index contributed by atoms with van der Waals surface area (Å²) in [6.07, 6.45) is 8.17. The van der Waals surface area contributed by atoms with E-state index in [1.54, 1.807) is 0 Å². The van der Waals surface area contributed by atoms with Crippen molar-refractivity contribution in [2.45, 2.75) is 57.4 Å². The minimum absolute atomic E-state index is 0.140. The maximum Gasteiger partial charge on any atom is 0.225 e. The molecule has 0 atom stereocenters. The van der Waals surface area contributed by atoms with Gasteiger partial charge in [0.2, 0.25) is 11.8 Å². The van der Waals surface area contributed by atoms with Crippen LogP contribution in [0, 0.1) is 11.8 Å². The summed E-state index contributed by atoms with van der Waals surface area (Å²) >= 11 is 0. The molecular formula is C17H31N3O2. The smallest absolute Gasteiger partial charge is 0.225 e. The Morgan fingerprint density at radius 2 is 1.64 bits per heavy atom. The molecule has 2 aliphatic carbocycles. The number of hydrogen-bond donors (Lipinski definition) is 2. The van der Waals surface area contributed by atoms with E-state index in [0.717, 1.165) is 51.6 Å². The molecule has 22 heavy (non-hydrogen) atoms. The minimum atomic E-state index is 0.140. The number of rotatable bonds is 6. The number of carbonyl (C=O) groups excluding carboxylic acids is 2. The van der Waals surface area contributed by atoms with Crippen molar-refractivity contribution >= 4 is 11.8 Å². The Bertz CT molecular complexity index is 372. The summed E-state index contributed by atoms with van der Waals surface area (Å²) < 4.78 is 0. The Balaban J connectivity index is 1.70. The molecule has 2 saturated carbocycles. The van der Waals surface area contributed by atoms with Crippen molar-refractivity contribution in [2.24, 2.45) is 11.8 Å². The highest BCUT2D eigenvalue weighted by Crippen LogP contribution is 2.28. The van der Waals surface area contributed by atoms with Gasteiger partial charge in [0.15, 0.2) is 0 Å². The molecular weight excluding hydrogens is 278 g/mol. The Hall–Kier alpha value is -1.10. The maximum atomic E-state index is 12.4. The number of nitrogens with zero attached hydrogens (tertiary/aromatic N) is 1. The van der Waals surface area contributed by atoms with Crippen LogP contribution in [0.1, 0.15) is 51.4 Å². The summed E-state index contributed by atoms with van der Waals surface area (Å²) in [6, 6.07) is 0.278. The molecule has 2 N–H and O–H groups in total. The lowest BCUT2D eigenvalue weighted by atomic mass is 9.85. The van der Waals surface area contributed by atoms with Gasteiger partial charge in [-0.3, -0.25) is 9.59 Å². The normalized spacial score (nSPS) is 25.9. The zero-order valence-corrected chi connectivity index (χ0v) is 14.1. The first-order valence-corrected chi connectivity index (χ1v) is 8.81. The molecule has 2 amide bonds. The van der Waals surface area contributed by atoms with Gasteiger partial charge >= 0.3 is 0 Å². The molecule has 5 heteroatoms. The summed E-state index contributed by atoms with van der Waals surface area (Å²) in [5.41, 5.74) is 0. The highest BCUT2D eigenvalue weighted by atomic mass is 16.2. The lowest BCUT2D eigenvalue weighted by Gasteiger charge is -2.31. The first-order valence-electron chi connectivity index (χ1n) is 8.81. The van der Waals surface area contributed by atoms with Gasteiger partial charge in [0.05, 0.1) is 0 Å². The molecule has 0 spiro atoms. The first kappa shape index (κ1) is 17.3. The number of carbonyl (C=O) groups is 2. The van der Waals surface area contributed by atoms with Crippen LogP contribution in [-0.4, -0.2) is 49.9 Å². The molecule has 126 valence electrons. The van der Waals surface area contributed by atoms with Gasteiger partial charge in [-0.1, -0.05) is 12.8 Å². The van der Waals surface area contributed by atoms with Crippen LogP contribution in [0.25, 0.3) is 0 Å². The molecule has 0 bridgehead atoms. The molecule has 0 aromatic rings. The van der Waals surface area contributed by atoms with E-state index in [0.29, 0.717) is 0 Å². The van der Waals surface area contributed by atoms with Crippen LogP contribution >= 0.6 is 0 Å². The first-order chi connectivity index (χ1) is 10.6. The predicted octanol–water partition coefficient (Wildman–Crippen LogP) is 1.53. The quantitative estimate of drug-likeness (QED) is 0.782. The molecule has 0 saturated heterocycles. The maximum absolute atomic E-state index is 12.4. The second kappa shape index (κ2) is 8.51. The topological polar surface area (TPSA) is 61.4 Å². The molecule has 0 heterocycles. The van der Waals surface area contributed by atoms with Gasteiger partial charge in [0.25, 0.3) is 0 Å². The average molecular weight is 309 g/mol. The van der Waals surface area contributed by atoms with Crippen LogP contribution in [0.4, 0.5) is 0 Å². The number of nitrogens with one attached hydrogen (secondary N) is 2. The van der Waals surface area contributed by atoms with Crippen LogP contribution in [0.5, 0.6) is 0 Å². The molecule has 2 rings (SSSR count). The molecule has 5 nitrogen and oxygen atoms in total. The lowest BCUT2D eigenvalue weighted by Crippen LogP contribution is -2.43. The average Bonchev–Trinajstić information content (AvgIpc) is 3.07. The summed E-state index contributed by atoms with van der Waals surface area (Å²) in [5, 5.41) is 6.28. The third-order valence-electron chi connectivity index (χ3n) is 5.22. The SMILES string of the molecule is CNCCN(C)C(=O)C1CCC(NC(=O)C2CCCC2)CC1. The van der Waals surface area contributed by atoms with Crippen molar-refractivity contribution in [3.05, 3.63) is 0 Å². The molecule has 0 radical (unpaired) electrons. The lowest BCUT2D eigenvalue weighted by molar-refractivity contribution is -0.135. The van der Waals surface area contributed by atoms with Crippen molar-refractivity contribution in [3.63, 3.8) is 0 Å². The third-order valence-corrected chi connectivity index (χ3v) is 5.22. The van der Waals surface area contributed by atoms with Gasteiger partial charge in [-0.05, 0) is 45.6 Å². The Morgan fingerprint density at radius 1 is 1.00 bits per heavy atom. The summed E-state index contributed by atoms with van der Waals surface area (Å²) in [6.45, 7) is 1.59. The molecule has 0 unspecified atom stereocenters. The fourth-order valence-corrected chi connectivity index (χ4v) is 3.69. The van der Waals surface area contributed by atoms with Gasteiger partial charge < -0.3 is 15.5 Å². The van der Waals surface area contributed by atoms with E-state index in [1.807, 2.05) is 19.0 Å². The van der Waals surface area contributed by atoms with Crippen molar-refractivity contribution in [1.29, 1.82) is 0 Å². The predicted molar refractivity (Wildman–Crippen MR) is 87.4 cm³/mol. The molecule has 2 fully saturated rings. The van der Waals surface area contributed by atoms with E-state index in [-0.39, 0.29) is 29.7 Å². The number of amides is 2. The van der Waals surface area contributed by atoms with E-state index in [9.17, 15) is 9.59 Å². The van der Waals surface area contributed by atoms with Gasteiger partial charge in [-0.2, -0.15) is 0 Å². The fourth-order valence-electron chi connectivity index (χ4n) is 3.69. The second-order valence-electron chi connectivity index (χ2n) is 6.90. The molecule has 2 aliphatic rings. The Kier molecular flexibility index (Phi) is 6.68. The van der Waals surface area contributed by atoms with Crippen LogP contribution in [0.3, 0.4) is 0 Å². The van der Waals surface area contributed by atoms with Gasteiger partial charge in [-0.25, -0.2) is 0 Å². The monoisotopic (exact) mass is 309 g/mol. The summed E-state index contributed by atoms with van der Waals surface area (Å²) in [5.74, 6) is 0.891. The minimum Gasteiger partial charge on any atom is -0.353 e. The summed E-state index contributed by atoms with van der Waals surface area (Å²) in [4.78, 5) is 26.3. The molecule has 0 aromatic heterocycles. The zero-order valence-electron chi connectivity index (χ0n) is 14.1. The second-order valence-corrected chi connectivity index (χ2v) is 6.90. The van der Waals surface area contributed by atoms with E-state index in [2.05, 4.69) is 10.6 Å². The largest absolute Gasteiger partial charge is 0.353 e. The highest BCUT2D eigenvalue weighted by molar-refractivity contribution is 5.80. The highest BCUT2D eigenvalue weighted by Gasteiger charge is 2.30. The third kappa shape index (κ3) is 4.70. The fraction of sp³-hybridized carbons (Fsp3) is 0.882. The Morgan fingerprint density at radius 3 is 2.23 bits per heavy atom. The Labute approximate surface area is 134 Å². The van der Waals surface area contributed by atoms with Crippen LogP contribution in [0.15, 0.2) is 0 Å². The van der Waals surface area contributed by atoms with E-state index < -0.39 is 0 Å². The van der Waals surface area contributed by atoms with Crippen LogP contribution in [-0.2, 0) is 9.59 Å². The summed E-state index contributed by atoms with van der Waals surface area (Å²) in [7, 11) is 3.78. The standard InChI is InChI=1S/C17H31N3O2/c1-18-11-12-20(2)17(22)14-7-9-15(10-8-14)19-16(21)13-5-3-4-6-13/h13-15,18H,3-12H2,1-2H3,(H,19,21). The molecule has 0 aromatic carbocycles. The van der Waals surface area contributed by atoms with Crippen molar-refractivity contribution in [3.8, 4) is 0 Å². The van der Waals surface area contributed by atoms with Gasteiger partial charge in [0.1, 0.15) is 0 Å². The number of hydrogen-bond acceptors (Lipinski definition) is 3. The van der Waals surface area contributed by atoms with Crippen molar-refractivity contribution in [1.82, 2.24) is 15.5 Å². The van der Waals surface area contributed by atoms with Crippen molar-refractivity contribution < 1.29 is 9.59 Å². The van der Waals surface area contributed by atoms with Gasteiger partial charge in [0, 0.05) is 38.0 Å². The van der Waals surface area contributed by atoms with Crippen LogP contribution in [0.2, 0.25) is 0 Å². The van der Waals surface area contributed by atoms with E-state index in [1.165, 1.54) is 12.8 Å². The molecule has 0 aliphatic heterocycles. The van der Waals surface area contributed by atoms with E-state index >= 15 is 0 Å². The zero-order chi connectivity index (χ0) is 15.9. The van der Waals surface area contributed by atoms with Crippen molar-refractivity contribution in [2.75, 3.05) is 27.2 Å². The van der Waals surface area contributed by atoms with Crippen LogP contribution < -0.4 is 10.6 Å². The van der Waals surface area contributed by atoms with Gasteiger partial charge in [-0.15, -0.1) is 0 Å².